The Morgan fingerprint density at radius 1 is 1.12 bits per heavy atom. The first-order chi connectivity index (χ1) is 8.38. The Bertz CT molecular complexity index is 662. The molecule has 1 aromatic carbocycles. The van der Waals surface area contributed by atoms with Crippen molar-refractivity contribution in [2.24, 2.45) is 0 Å². The largest absolute Gasteiger partial charge is 0.259 e. The summed E-state index contributed by atoms with van der Waals surface area (Å²) in [5.74, 6) is 1.03. The summed E-state index contributed by atoms with van der Waals surface area (Å²) in [7, 11) is 0. The van der Waals surface area contributed by atoms with Crippen LogP contribution in [0.3, 0.4) is 0 Å². The van der Waals surface area contributed by atoms with Crippen molar-refractivity contribution < 1.29 is 0 Å². The number of hydrogen-bond donors (Lipinski definition) is 0. The van der Waals surface area contributed by atoms with E-state index < -0.39 is 0 Å². The van der Waals surface area contributed by atoms with Gasteiger partial charge in [0.05, 0.1) is 29.5 Å². The van der Waals surface area contributed by atoms with Gasteiger partial charge in [-0.05, 0) is 6.07 Å². The van der Waals surface area contributed by atoms with E-state index in [0.29, 0.717) is 11.7 Å². The van der Waals surface area contributed by atoms with Gasteiger partial charge in [0.1, 0.15) is 0 Å². The Labute approximate surface area is 103 Å². The van der Waals surface area contributed by atoms with E-state index in [1.807, 2.05) is 30.5 Å². The minimum absolute atomic E-state index is 0.347. The zero-order valence-corrected chi connectivity index (χ0v) is 9.67. The molecule has 2 heterocycles. The monoisotopic (exact) mass is 244 g/mol. The standard InChI is InChI=1S/C12H9ClN4/c13-5-10-7-14-8-12(16-10)17-11-4-2-1-3-9(11)6-15-17/h1-4,6-8H,5H2. The lowest BCUT2D eigenvalue weighted by Crippen LogP contribution is -2.01. The Morgan fingerprint density at radius 2 is 2.00 bits per heavy atom. The fourth-order valence-electron chi connectivity index (χ4n) is 1.72. The van der Waals surface area contributed by atoms with E-state index in [2.05, 4.69) is 15.1 Å². The van der Waals surface area contributed by atoms with Crippen LogP contribution in [0.25, 0.3) is 16.7 Å². The topological polar surface area (TPSA) is 43.6 Å². The van der Waals surface area contributed by atoms with E-state index in [1.165, 1.54) is 0 Å². The van der Waals surface area contributed by atoms with Crippen molar-refractivity contribution in [1.82, 2.24) is 19.7 Å². The van der Waals surface area contributed by atoms with Crippen LogP contribution >= 0.6 is 11.6 Å². The predicted octanol–water partition coefficient (Wildman–Crippen LogP) is 2.55. The molecule has 0 amide bonds. The van der Waals surface area contributed by atoms with Gasteiger partial charge in [-0.2, -0.15) is 5.10 Å². The number of rotatable bonds is 2. The highest BCUT2D eigenvalue weighted by atomic mass is 35.5. The Kier molecular flexibility index (Phi) is 2.49. The van der Waals surface area contributed by atoms with E-state index in [1.54, 1.807) is 17.1 Å². The van der Waals surface area contributed by atoms with Crippen molar-refractivity contribution in [2.45, 2.75) is 5.88 Å². The minimum atomic E-state index is 0.347. The van der Waals surface area contributed by atoms with Crippen LogP contribution in [0.4, 0.5) is 0 Å². The number of fused-ring (bicyclic) bond motifs is 1. The summed E-state index contributed by atoms with van der Waals surface area (Å²) in [4.78, 5) is 8.50. The smallest absolute Gasteiger partial charge is 0.172 e. The average Bonchev–Trinajstić information content (AvgIpc) is 2.82. The number of hydrogen-bond acceptors (Lipinski definition) is 3. The quantitative estimate of drug-likeness (QED) is 0.651. The summed E-state index contributed by atoms with van der Waals surface area (Å²) in [5.41, 5.74) is 1.75. The van der Waals surface area contributed by atoms with Gasteiger partial charge in [0.15, 0.2) is 5.82 Å². The summed E-state index contributed by atoms with van der Waals surface area (Å²) in [6, 6.07) is 7.96. The predicted molar refractivity (Wildman–Crippen MR) is 66.2 cm³/mol. The zero-order valence-electron chi connectivity index (χ0n) is 8.92. The number of para-hydroxylation sites is 1. The number of nitrogens with zero attached hydrogens (tertiary/aromatic N) is 4. The lowest BCUT2D eigenvalue weighted by Gasteiger charge is -2.03. The molecule has 84 valence electrons. The van der Waals surface area contributed by atoms with E-state index in [0.717, 1.165) is 16.6 Å². The van der Waals surface area contributed by atoms with E-state index in [-0.39, 0.29) is 0 Å². The molecule has 3 rings (SSSR count). The highest BCUT2D eigenvalue weighted by Crippen LogP contribution is 2.16. The van der Waals surface area contributed by atoms with E-state index in [4.69, 9.17) is 11.6 Å². The van der Waals surface area contributed by atoms with Crippen molar-refractivity contribution in [2.75, 3.05) is 0 Å². The first-order valence-electron chi connectivity index (χ1n) is 5.18. The minimum Gasteiger partial charge on any atom is -0.259 e. The Morgan fingerprint density at radius 3 is 2.88 bits per heavy atom. The normalized spacial score (nSPS) is 10.9. The zero-order chi connectivity index (χ0) is 11.7. The van der Waals surface area contributed by atoms with Crippen LogP contribution in [-0.2, 0) is 5.88 Å². The lowest BCUT2D eigenvalue weighted by molar-refractivity contribution is 0.853. The maximum absolute atomic E-state index is 5.75. The van der Waals surface area contributed by atoms with Gasteiger partial charge >= 0.3 is 0 Å². The number of benzene rings is 1. The molecule has 0 aliphatic carbocycles. The average molecular weight is 245 g/mol. The fraction of sp³-hybridized carbons (Fsp3) is 0.0833. The maximum atomic E-state index is 5.75. The molecule has 0 bridgehead atoms. The van der Waals surface area contributed by atoms with Crippen molar-refractivity contribution >= 4 is 22.5 Å². The molecule has 0 fully saturated rings. The van der Waals surface area contributed by atoms with Gasteiger partial charge in [-0.3, -0.25) is 4.98 Å². The number of aromatic nitrogens is 4. The molecule has 2 aromatic heterocycles. The van der Waals surface area contributed by atoms with Crippen LogP contribution in [0.15, 0.2) is 42.9 Å². The third kappa shape index (κ3) is 1.76. The highest BCUT2D eigenvalue weighted by Gasteiger charge is 2.06. The molecular formula is C12H9ClN4. The molecule has 0 radical (unpaired) electrons. The van der Waals surface area contributed by atoms with Crippen molar-refractivity contribution in [3.8, 4) is 5.82 Å². The molecular weight excluding hydrogens is 236 g/mol. The summed E-state index contributed by atoms with van der Waals surface area (Å²) < 4.78 is 1.76. The van der Waals surface area contributed by atoms with Gasteiger partial charge in [-0.1, -0.05) is 18.2 Å². The van der Waals surface area contributed by atoms with Gasteiger partial charge in [-0.25, -0.2) is 9.67 Å². The van der Waals surface area contributed by atoms with Gasteiger partial charge in [-0.15, -0.1) is 11.6 Å². The second kappa shape index (κ2) is 4.14. The summed E-state index contributed by atoms with van der Waals surface area (Å²) in [6.45, 7) is 0. The van der Waals surface area contributed by atoms with Crippen LogP contribution in [0.5, 0.6) is 0 Å². The molecule has 0 N–H and O–H groups in total. The van der Waals surface area contributed by atoms with E-state index >= 15 is 0 Å². The number of alkyl halides is 1. The lowest BCUT2D eigenvalue weighted by atomic mass is 10.3. The molecule has 4 nitrogen and oxygen atoms in total. The SMILES string of the molecule is ClCc1cncc(-n2ncc3ccccc32)n1. The maximum Gasteiger partial charge on any atom is 0.172 e. The van der Waals surface area contributed by atoms with E-state index in [9.17, 15) is 0 Å². The molecule has 0 aliphatic rings. The second-order valence-corrected chi connectivity index (χ2v) is 3.88. The fourth-order valence-corrected chi connectivity index (χ4v) is 1.84. The summed E-state index contributed by atoms with van der Waals surface area (Å²) >= 11 is 5.75. The number of halogens is 1. The molecule has 0 spiro atoms. The van der Waals surface area contributed by atoms with Crippen LogP contribution in [-0.4, -0.2) is 19.7 Å². The summed E-state index contributed by atoms with van der Waals surface area (Å²) in [5, 5.41) is 5.39. The Balaban J connectivity index is 2.20. The molecule has 3 aromatic rings. The third-order valence-electron chi connectivity index (χ3n) is 2.50. The molecule has 0 unspecified atom stereocenters. The molecule has 5 heteroatoms. The van der Waals surface area contributed by atoms with Gasteiger partial charge < -0.3 is 0 Å². The van der Waals surface area contributed by atoms with Gasteiger partial charge in [0.25, 0.3) is 0 Å². The van der Waals surface area contributed by atoms with Crippen molar-refractivity contribution in [1.29, 1.82) is 0 Å². The van der Waals surface area contributed by atoms with Crippen molar-refractivity contribution in [3.05, 3.63) is 48.5 Å². The summed E-state index contributed by atoms with van der Waals surface area (Å²) in [6.07, 6.45) is 5.14. The first kappa shape index (κ1) is 10.2. The van der Waals surface area contributed by atoms with Crippen LogP contribution in [0.2, 0.25) is 0 Å². The molecule has 0 atom stereocenters. The van der Waals surface area contributed by atoms with Crippen molar-refractivity contribution in [3.63, 3.8) is 0 Å². The molecule has 0 saturated heterocycles. The Hall–Kier alpha value is -1.94. The van der Waals surface area contributed by atoms with Crippen LogP contribution in [0.1, 0.15) is 5.69 Å². The third-order valence-corrected chi connectivity index (χ3v) is 2.78. The second-order valence-electron chi connectivity index (χ2n) is 3.62. The highest BCUT2D eigenvalue weighted by molar-refractivity contribution is 6.16. The molecule has 17 heavy (non-hydrogen) atoms. The first-order valence-corrected chi connectivity index (χ1v) is 5.72. The van der Waals surface area contributed by atoms with Gasteiger partial charge in [0, 0.05) is 11.6 Å². The molecule has 0 saturated carbocycles. The van der Waals surface area contributed by atoms with Crippen LogP contribution < -0.4 is 0 Å². The van der Waals surface area contributed by atoms with Crippen LogP contribution in [0, 0.1) is 0 Å². The van der Waals surface area contributed by atoms with Gasteiger partial charge in [0.2, 0.25) is 0 Å². The molecule has 0 aliphatic heterocycles.